The molecule has 39 heavy (non-hydrogen) atoms. The van der Waals surface area contributed by atoms with Crippen molar-refractivity contribution in [1.82, 2.24) is 34.4 Å². The van der Waals surface area contributed by atoms with Crippen LogP contribution in [0, 0.1) is 0 Å². The molecule has 1 aromatic carbocycles. The van der Waals surface area contributed by atoms with Crippen molar-refractivity contribution < 1.29 is 18.0 Å². The molecule has 14 heteroatoms. The summed E-state index contributed by atoms with van der Waals surface area (Å²) < 4.78 is 29.4. The lowest BCUT2D eigenvalue weighted by Gasteiger charge is -2.14. The summed E-state index contributed by atoms with van der Waals surface area (Å²) in [7, 11) is -2.21. The van der Waals surface area contributed by atoms with Crippen molar-refractivity contribution in [2.75, 3.05) is 18.4 Å². The summed E-state index contributed by atoms with van der Waals surface area (Å²) in [5.41, 5.74) is 0.743. The average Bonchev–Trinajstić information content (AvgIpc) is 3.53. The molecule has 13 nitrogen and oxygen atoms in total. The molecule has 200 valence electrons. The van der Waals surface area contributed by atoms with Crippen molar-refractivity contribution in [1.29, 1.82) is 0 Å². The predicted octanol–water partition coefficient (Wildman–Crippen LogP) is 0.958. The van der Waals surface area contributed by atoms with Gasteiger partial charge in [0, 0.05) is 37.8 Å². The van der Waals surface area contributed by atoms with Gasteiger partial charge in [0.25, 0.3) is 0 Å². The van der Waals surface area contributed by atoms with Crippen LogP contribution in [0.5, 0.6) is 0 Å². The maximum absolute atomic E-state index is 13.2. The highest BCUT2D eigenvalue weighted by atomic mass is 32.2. The minimum atomic E-state index is -3.94. The summed E-state index contributed by atoms with van der Waals surface area (Å²) >= 11 is 0. The maximum atomic E-state index is 13.2. The zero-order valence-corrected chi connectivity index (χ0v) is 21.7. The van der Waals surface area contributed by atoms with Crippen molar-refractivity contribution in [3.8, 4) is 17.1 Å². The quantitative estimate of drug-likeness (QED) is 0.338. The largest absolute Gasteiger partial charge is 0.333 e. The fourth-order valence-corrected chi connectivity index (χ4v) is 5.42. The van der Waals surface area contributed by atoms with Crippen LogP contribution in [0.25, 0.3) is 17.1 Å². The van der Waals surface area contributed by atoms with Gasteiger partial charge < -0.3 is 10.2 Å². The number of rotatable bonds is 8. The number of benzene rings is 1. The second kappa shape index (κ2) is 10.6. The number of hydrogen-bond donors (Lipinski definition) is 1. The smallest absolute Gasteiger partial charge is 0.244 e. The highest BCUT2D eigenvalue weighted by molar-refractivity contribution is 7.90. The molecule has 1 fully saturated rings. The van der Waals surface area contributed by atoms with Crippen molar-refractivity contribution in [3.63, 3.8) is 0 Å². The molecule has 4 aromatic rings. The number of aryl methyl sites for hydroxylation is 1. The van der Waals surface area contributed by atoms with E-state index < -0.39 is 21.0 Å². The molecule has 1 aliphatic rings. The molecule has 0 atom stereocenters. The molecule has 0 aliphatic carbocycles. The molecule has 0 saturated carbocycles. The lowest BCUT2D eigenvalue weighted by atomic mass is 10.2. The van der Waals surface area contributed by atoms with Gasteiger partial charge >= 0.3 is 0 Å². The third-order valence-corrected chi connectivity index (χ3v) is 7.68. The third-order valence-electron chi connectivity index (χ3n) is 6.06. The molecular weight excluding hydrogens is 524 g/mol. The third kappa shape index (κ3) is 5.90. The van der Waals surface area contributed by atoms with Gasteiger partial charge in [-0.3, -0.25) is 19.1 Å². The van der Waals surface area contributed by atoms with Crippen molar-refractivity contribution in [2.24, 2.45) is 7.05 Å². The number of aromatic nitrogens is 6. The molecule has 2 amide bonds. The standard InChI is InChI=1S/C25H24N8O5S/c1-31-14-19(13-28-31)33-9-7-22(34)21(30-33)16-39(37,38)20-5-2-4-17(10-20)25-26-11-18(12-27-25)29-23(35)15-32-8-3-6-24(32)36/h2,4-5,7,9-14H,3,6,8,15-16H2,1H3,(H,29,35). The van der Waals surface area contributed by atoms with Gasteiger partial charge in [-0.1, -0.05) is 12.1 Å². The summed E-state index contributed by atoms with van der Waals surface area (Å²) in [6, 6.07) is 7.32. The molecule has 0 bridgehead atoms. The molecule has 1 N–H and O–H groups in total. The first-order valence-electron chi connectivity index (χ1n) is 12.0. The number of carbonyl (C=O) groups excluding carboxylic acids is 2. The Balaban J connectivity index is 1.31. The average molecular weight is 549 g/mol. The van der Waals surface area contributed by atoms with E-state index in [2.05, 4.69) is 25.5 Å². The van der Waals surface area contributed by atoms with E-state index in [4.69, 9.17) is 0 Å². The van der Waals surface area contributed by atoms with Crippen molar-refractivity contribution >= 4 is 27.3 Å². The minimum Gasteiger partial charge on any atom is -0.333 e. The van der Waals surface area contributed by atoms with Crippen LogP contribution in [0.3, 0.4) is 0 Å². The Hall–Kier alpha value is -4.72. The van der Waals surface area contributed by atoms with E-state index in [0.717, 1.165) is 6.42 Å². The van der Waals surface area contributed by atoms with Crippen LogP contribution in [-0.4, -0.2) is 67.8 Å². The fraction of sp³-hybridized carbons (Fsp3) is 0.240. The summed E-state index contributed by atoms with van der Waals surface area (Å²) in [6.45, 7) is 0.520. The fourth-order valence-electron chi connectivity index (χ4n) is 4.10. The van der Waals surface area contributed by atoms with Crippen LogP contribution < -0.4 is 10.7 Å². The molecule has 0 radical (unpaired) electrons. The first-order valence-corrected chi connectivity index (χ1v) is 13.6. The van der Waals surface area contributed by atoms with Crippen LogP contribution in [0.4, 0.5) is 5.69 Å². The van der Waals surface area contributed by atoms with Crippen LogP contribution in [0.1, 0.15) is 18.5 Å². The number of nitrogens with one attached hydrogen (secondary N) is 1. The Labute approximate surface area is 223 Å². The van der Waals surface area contributed by atoms with E-state index in [1.165, 1.54) is 46.4 Å². The lowest BCUT2D eigenvalue weighted by molar-refractivity contribution is -0.131. The van der Waals surface area contributed by atoms with E-state index in [-0.39, 0.29) is 34.8 Å². The van der Waals surface area contributed by atoms with E-state index in [1.807, 2.05) is 0 Å². The molecular formula is C25H24N8O5S. The number of sulfone groups is 1. The molecule has 1 saturated heterocycles. The molecule has 0 unspecified atom stereocenters. The number of amides is 2. The second-order valence-electron chi connectivity index (χ2n) is 8.99. The maximum Gasteiger partial charge on any atom is 0.244 e. The summed E-state index contributed by atoms with van der Waals surface area (Å²) in [5, 5.41) is 10.9. The van der Waals surface area contributed by atoms with Crippen LogP contribution in [0.2, 0.25) is 0 Å². The van der Waals surface area contributed by atoms with Gasteiger partial charge in [-0.25, -0.2) is 23.1 Å². The van der Waals surface area contributed by atoms with E-state index in [0.29, 0.717) is 29.9 Å². The zero-order chi connectivity index (χ0) is 27.6. The Morgan fingerprint density at radius 3 is 2.59 bits per heavy atom. The molecule has 4 heterocycles. The normalized spacial score (nSPS) is 13.6. The zero-order valence-electron chi connectivity index (χ0n) is 20.9. The second-order valence-corrected chi connectivity index (χ2v) is 11.0. The Morgan fingerprint density at radius 2 is 1.90 bits per heavy atom. The van der Waals surface area contributed by atoms with Crippen LogP contribution >= 0.6 is 0 Å². The van der Waals surface area contributed by atoms with Crippen LogP contribution in [-0.2, 0) is 32.2 Å². The SMILES string of the molecule is Cn1cc(-n2ccc(=O)c(CS(=O)(=O)c3cccc(-c4ncc(NC(=O)CN5CCCC5=O)cn4)c3)n2)cn1. The van der Waals surface area contributed by atoms with Gasteiger partial charge in [-0.05, 0) is 18.6 Å². The highest BCUT2D eigenvalue weighted by Gasteiger charge is 2.23. The summed E-state index contributed by atoms with van der Waals surface area (Å²) in [5.74, 6) is -0.751. The summed E-state index contributed by atoms with van der Waals surface area (Å²) in [4.78, 5) is 46.3. The van der Waals surface area contributed by atoms with Crippen molar-refractivity contribution in [3.05, 3.63) is 77.2 Å². The van der Waals surface area contributed by atoms with E-state index in [1.54, 1.807) is 36.3 Å². The Bertz CT molecular complexity index is 1710. The molecule has 3 aromatic heterocycles. The van der Waals surface area contributed by atoms with Gasteiger partial charge in [-0.2, -0.15) is 10.2 Å². The number of hydrogen-bond acceptors (Lipinski definition) is 9. The number of nitrogens with zero attached hydrogens (tertiary/aromatic N) is 7. The van der Waals surface area contributed by atoms with Gasteiger partial charge in [-0.15, -0.1) is 0 Å². The van der Waals surface area contributed by atoms with Crippen molar-refractivity contribution in [2.45, 2.75) is 23.5 Å². The lowest BCUT2D eigenvalue weighted by Crippen LogP contribution is -2.34. The Kier molecular flexibility index (Phi) is 7.02. The van der Waals surface area contributed by atoms with Crippen LogP contribution in [0.15, 0.2) is 71.0 Å². The van der Waals surface area contributed by atoms with E-state index >= 15 is 0 Å². The first kappa shape index (κ1) is 25.9. The van der Waals surface area contributed by atoms with Gasteiger partial charge in [0.15, 0.2) is 15.7 Å². The van der Waals surface area contributed by atoms with Gasteiger partial charge in [0.1, 0.15) is 17.1 Å². The summed E-state index contributed by atoms with van der Waals surface area (Å²) in [6.07, 6.45) is 8.68. The van der Waals surface area contributed by atoms with Gasteiger partial charge in [0.05, 0.1) is 41.9 Å². The molecule has 0 spiro atoms. The number of likely N-dealkylation sites (tertiary alicyclic amines) is 1. The predicted molar refractivity (Wildman–Crippen MR) is 139 cm³/mol. The molecule has 5 rings (SSSR count). The van der Waals surface area contributed by atoms with E-state index in [9.17, 15) is 22.8 Å². The minimum absolute atomic E-state index is 0.0192. The van der Waals surface area contributed by atoms with Gasteiger partial charge in [0.2, 0.25) is 17.2 Å². The first-order chi connectivity index (χ1) is 18.7. The molecule has 1 aliphatic heterocycles. The topological polar surface area (TPSA) is 162 Å². The monoisotopic (exact) mass is 548 g/mol. The number of carbonyl (C=O) groups is 2. The highest BCUT2D eigenvalue weighted by Crippen LogP contribution is 2.22. The number of anilines is 1. The Morgan fingerprint density at radius 1 is 1.10 bits per heavy atom.